The summed E-state index contributed by atoms with van der Waals surface area (Å²) in [6, 6.07) is 11.0. The van der Waals surface area contributed by atoms with Crippen molar-refractivity contribution in [1.82, 2.24) is 19.9 Å². The average molecular weight is 1140 g/mol. The van der Waals surface area contributed by atoms with E-state index in [0.29, 0.717) is 45.0 Å². The van der Waals surface area contributed by atoms with E-state index >= 15 is 0 Å². The van der Waals surface area contributed by atoms with E-state index in [4.69, 9.17) is 10.2 Å². The van der Waals surface area contributed by atoms with Gasteiger partial charge in [-0.3, -0.25) is 9.59 Å². The third-order valence-electron chi connectivity index (χ3n) is 9.63. The molecule has 4 aromatic rings. The van der Waals surface area contributed by atoms with Crippen molar-refractivity contribution in [3.8, 4) is 22.5 Å². The number of anilines is 2. The second-order valence-electron chi connectivity index (χ2n) is 16.0. The van der Waals surface area contributed by atoms with Gasteiger partial charge in [0.1, 0.15) is 11.6 Å². The van der Waals surface area contributed by atoms with E-state index in [9.17, 15) is 55.6 Å². The summed E-state index contributed by atoms with van der Waals surface area (Å²) in [4.78, 5) is 39.1. The summed E-state index contributed by atoms with van der Waals surface area (Å²) in [6.45, 7) is 7.41. The zero-order valence-electron chi connectivity index (χ0n) is 37.6. The predicted octanol–water partition coefficient (Wildman–Crippen LogP) is 2.97. The Morgan fingerprint density at radius 3 is 1.15 bits per heavy atom. The molecule has 68 heavy (non-hydrogen) atoms. The molecule has 368 valence electrons. The number of benzene rings is 2. The Balaban J connectivity index is 0.000000661. The number of hydrogen-bond donors (Lipinski definition) is 6. The molecule has 4 rings (SSSR count). The summed E-state index contributed by atoms with van der Waals surface area (Å²) in [6.07, 6.45) is 1.72. The number of rotatable bonds is 20. The van der Waals surface area contributed by atoms with Crippen LogP contribution in [0.5, 0.6) is 0 Å². The van der Waals surface area contributed by atoms with Crippen LogP contribution in [-0.2, 0) is 29.6 Å². The standard InChI is InChI=1S/2C22H28FN3O6S.Ba.Ca.4H/c2*1-13(2)20-18(10-9-16(27)11-17(28)12-19(29)30)21(14-5-7-15(23)8-6-14)25-22(24-20)26(3)33(4,31)32;;;;;;/h2*5-10,13,16-17,27-28H,11-12H2,1-4H3,(H,29,30);;;;;;/t2*16-,17-;;;;;;/m11....../s1. The molecular weight excluding hydrogens is 1080 g/mol. The first-order chi connectivity index (χ1) is 30.6. The minimum atomic E-state index is -3.65. The topological polar surface area (TPSA) is 282 Å². The molecule has 0 radical (unpaired) electrons. The monoisotopic (exact) mass is 1140 g/mol. The number of carboxylic acids is 2. The van der Waals surface area contributed by atoms with E-state index in [2.05, 4.69) is 19.9 Å². The Kier molecular flexibility index (Phi) is 26.1. The molecule has 18 nitrogen and oxygen atoms in total. The first-order valence-corrected chi connectivity index (χ1v) is 24.0. The fourth-order valence-electron chi connectivity index (χ4n) is 6.09. The number of carbonyl (C=O) groups is 2. The van der Waals surface area contributed by atoms with Gasteiger partial charge in [0.2, 0.25) is 31.9 Å². The Morgan fingerprint density at radius 1 is 0.603 bits per heavy atom. The number of carboxylic acid groups (broad SMARTS) is 2. The van der Waals surface area contributed by atoms with Gasteiger partial charge >= 0.3 is 98.6 Å². The van der Waals surface area contributed by atoms with E-state index in [-0.39, 0.29) is 123 Å². The van der Waals surface area contributed by atoms with Crippen LogP contribution in [0.4, 0.5) is 20.7 Å². The normalized spacial score (nSPS) is 13.5. The van der Waals surface area contributed by atoms with Gasteiger partial charge in [0.05, 0.1) is 72.5 Å². The van der Waals surface area contributed by atoms with Gasteiger partial charge in [-0.1, -0.05) is 52.0 Å². The number of aromatic nitrogens is 4. The molecule has 0 fully saturated rings. The first-order valence-electron chi connectivity index (χ1n) is 20.3. The van der Waals surface area contributed by atoms with E-state index in [0.717, 1.165) is 21.1 Å². The number of halogens is 2. The van der Waals surface area contributed by atoms with Crippen LogP contribution in [-0.4, -0.2) is 217 Å². The van der Waals surface area contributed by atoms with Crippen molar-refractivity contribution < 1.29 is 65.8 Å². The van der Waals surface area contributed by atoms with Gasteiger partial charge in [-0.05, 0) is 60.4 Å². The van der Waals surface area contributed by atoms with Gasteiger partial charge < -0.3 is 30.6 Å². The van der Waals surface area contributed by atoms with Crippen molar-refractivity contribution in [1.29, 1.82) is 0 Å². The van der Waals surface area contributed by atoms with Gasteiger partial charge in [0.15, 0.2) is 0 Å². The molecule has 2 heterocycles. The van der Waals surface area contributed by atoms with E-state index < -0.39 is 80.9 Å². The van der Waals surface area contributed by atoms with Gasteiger partial charge in [0, 0.05) is 49.2 Å². The summed E-state index contributed by atoms with van der Waals surface area (Å²) in [5.74, 6) is -3.74. The van der Waals surface area contributed by atoms with Gasteiger partial charge in [0.25, 0.3) is 0 Å². The maximum atomic E-state index is 13.5. The fraction of sp³-hybridized carbons (Fsp3) is 0.409. The summed E-state index contributed by atoms with van der Waals surface area (Å²) < 4.78 is 77.2. The molecular formula is C44H60BaCaF2N6O12S2. The van der Waals surface area contributed by atoms with Crippen LogP contribution in [0, 0.1) is 11.6 Å². The zero-order valence-corrected chi connectivity index (χ0v) is 39.2. The van der Waals surface area contributed by atoms with E-state index in [1.807, 2.05) is 27.7 Å². The molecule has 0 aliphatic rings. The van der Waals surface area contributed by atoms with Crippen molar-refractivity contribution in [2.45, 2.75) is 89.6 Å². The first kappa shape index (κ1) is 63.1. The predicted molar refractivity (Wildman–Crippen MR) is 262 cm³/mol. The van der Waals surface area contributed by atoms with Crippen molar-refractivity contribution in [2.75, 3.05) is 35.2 Å². The summed E-state index contributed by atoms with van der Waals surface area (Å²) in [5.41, 5.74) is 3.60. The van der Waals surface area contributed by atoms with Crippen LogP contribution in [0.2, 0.25) is 0 Å². The molecule has 0 saturated carbocycles. The molecule has 0 amide bonds. The SMILES string of the molecule is CC(C)c1nc(N(C)S(C)(=O)=O)nc(-c2ccc(F)cc2)c1C=C[C@@H](O)C[C@@H](O)CC(=O)O.CC(C)c1nc(N(C)S(C)(=O)=O)nc(-c2ccc(F)cc2)c1C=C[C@@H](O)C[C@@H](O)CC(=O)O.[BaH2].[CaH2]. The molecule has 0 unspecified atom stereocenters. The van der Waals surface area contributed by atoms with E-state index in [1.165, 1.54) is 86.9 Å². The van der Waals surface area contributed by atoms with Crippen LogP contribution in [0.3, 0.4) is 0 Å². The second kappa shape index (κ2) is 28.2. The zero-order chi connectivity index (χ0) is 49.8. The number of aliphatic hydroxyl groups is 4. The second-order valence-corrected chi connectivity index (χ2v) is 20.0. The summed E-state index contributed by atoms with van der Waals surface area (Å²) in [5, 5.41) is 57.6. The Labute approximate surface area is 465 Å². The number of nitrogens with zero attached hydrogens (tertiary/aromatic N) is 6. The Hall–Kier alpha value is -2.95. The van der Waals surface area contributed by atoms with Crippen molar-refractivity contribution >= 4 is 143 Å². The van der Waals surface area contributed by atoms with Crippen LogP contribution in [0.25, 0.3) is 34.7 Å². The van der Waals surface area contributed by atoms with Gasteiger partial charge in [-0.2, -0.15) is 0 Å². The van der Waals surface area contributed by atoms with Gasteiger partial charge in [-0.15, -0.1) is 0 Å². The Morgan fingerprint density at radius 2 is 0.897 bits per heavy atom. The summed E-state index contributed by atoms with van der Waals surface area (Å²) in [7, 11) is -4.65. The minimum absolute atomic E-state index is 0. The molecule has 0 bridgehead atoms. The number of sulfonamides is 2. The van der Waals surface area contributed by atoms with Crippen LogP contribution < -0.4 is 8.61 Å². The molecule has 0 aliphatic carbocycles. The average Bonchev–Trinajstić information content (AvgIpc) is 3.20. The molecule has 0 spiro atoms. The molecule has 0 saturated heterocycles. The number of aliphatic hydroxyl groups excluding tert-OH is 4. The molecule has 2 aromatic heterocycles. The number of hydrogen-bond acceptors (Lipinski definition) is 14. The maximum absolute atomic E-state index is 13.5. The molecule has 0 aliphatic heterocycles. The Bertz CT molecular complexity index is 2430. The molecule has 4 atom stereocenters. The van der Waals surface area contributed by atoms with Gasteiger partial charge in [-0.25, -0.2) is 54.2 Å². The third kappa shape index (κ3) is 19.7. The van der Waals surface area contributed by atoms with Crippen molar-refractivity contribution in [3.05, 3.63) is 94.8 Å². The fourth-order valence-corrected chi connectivity index (χ4v) is 6.85. The van der Waals surface area contributed by atoms with Crippen molar-refractivity contribution in [2.24, 2.45) is 0 Å². The van der Waals surface area contributed by atoms with Crippen molar-refractivity contribution in [3.63, 3.8) is 0 Å². The van der Waals surface area contributed by atoms with Crippen LogP contribution in [0.15, 0.2) is 60.7 Å². The van der Waals surface area contributed by atoms with Crippen LogP contribution in [0.1, 0.15) is 87.7 Å². The molecule has 2 aromatic carbocycles. The number of aliphatic carboxylic acids is 2. The third-order valence-corrected chi connectivity index (χ3v) is 11.9. The molecule has 24 heteroatoms. The van der Waals surface area contributed by atoms with E-state index in [1.54, 1.807) is 0 Å². The van der Waals surface area contributed by atoms with Crippen LogP contribution >= 0.6 is 0 Å². The summed E-state index contributed by atoms with van der Waals surface area (Å²) >= 11 is 0. The quantitative estimate of drug-likeness (QED) is 0.0694. The molecule has 6 N–H and O–H groups in total.